The monoisotopic (exact) mass is 303 g/mol. The third-order valence-electron chi connectivity index (χ3n) is 4.04. The number of aromatic nitrogens is 1. The van der Waals surface area contributed by atoms with E-state index in [1.54, 1.807) is 24.3 Å². The summed E-state index contributed by atoms with van der Waals surface area (Å²) >= 11 is 0. The Morgan fingerprint density at radius 1 is 1.00 bits per heavy atom. The molecule has 0 saturated heterocycles. The molecule has 2 aromatic carbocycles. The SMILES string of the molecule is COc1cc2ccccc2nc1C1=C(O)c2ccccc2C1=O. The average molecular weight is 303 g/mol. The number of hydrogen-bond acceptors (Lipinski definition) is 4. The minimum absolute atomic E-state index is 0.0494. The Morgan fingerprint density at radius 3 is 2.43 bits per heavy atom. The molecule has 0 radical (unpaired) electrons. The molecular formula is C19H13NO3. The first-order valence-corrected chi connectivity index (χ1v) is 7.22. The van der Waals surface area contributed by atoms with Crippen LogP contribution in [0.5, 0.6) is 5.75 Å². The number of rotatable bonds is 2. The van der Waals surface area contributed by atoms with Gasteiger partial charge in [-0.3, -0.25) is 4.79 Å². The van der Waals surface area contributed by atoms with Crippen LogP contribution in [0, 0.1) is 0 Å². The van der Waals surface area contributed by atoms with Gasteiger partial charge in [0.1, 0.15) is 17.2 Å². The zero-order chi connectivity index (χ0) is 16.0. The number of para-hydroxylation sites is 1. The van der Waals surface area contributed by atoms with Crippen LogP contribution in [0.3, 0.4) is 0 Å². The number of carbonyl (C=O) groups excluding carboxylic acids is 1. The molecule has 1 aliphatic rings. The molecule has 0 spiro atoms. The summed E-state index contributed by atoms with van der Waals surface area (Å²) in [5.74, 6) is 0.178. The fraction of sp³-hybridized carbons (Fsp3) is 0.0526. The van der Waals surface area contributed by atoms with E-state index in [-0.39, 0.29) is 17.1 Å². The summed E-state index contributed by atoms with van der Waals surface area (Å²) in [5, 5.41) is 11.4. The lowest BCUT2D eigenvalue weighted by atomic mass is 10.0. The second-order valence-corrected chi connectivity index (χ2v) is 5.33. The molecular weight excluding hydrogens is 290 g/mol. The number of aliphatic hydroxyl groups excluding tert-OH is 1. The van der Waals surface area contributed by atoms with Crippen molar-refractivity contribution < 1.29 is 14.6 Å². The van der Waals surface area contributed by atoms with E-state index in [1.807, 2.05) is 30.3 Å². The smallest absolute Gasteiger partial charge is 0.199 e. The number of methoxy groups -OCH3 is 1. The molecule has 0 unspecified atom stereocenters. The van der Waals surface area contributed by atoms with Crippen LogP contribution in [-0.2, 0) is 0 Å². The highest BCUT2D eigenvalue weighted by Gasteiger charge is 2.33. The Kier molecular flexibility index (Phi) is 2.91. The van der Waals surface area contributed by atoms with Gasteiger partial charge in [-0.25, -0.2) is 4.98 Å². The summed E-state index contributed by atoms with van der Waals surface area (Å²) in [4.78, 5) is 17.2. The lowest BCUT2D eigenvalue weighted by molar-refractivity contribution is 0.105. The highest BCUT2D eigenvalue weighted by Crippen LogP contribution is 2.39. The molecule has 4 rings (SSSR count). The molecule has 1 N–H and O–H groups in total. The van der Waals surface area contributed by atoms with E-state index < -0.39 is 0 Å². The van der Waals surface area contributed by atoms with E-state index in [4.69, 9.17) is 4.74 Å². The van der Waals surface area contributed by atoms with Crippen LogP contribution < -0.4 is 4.74 Å². The van der Waals surface area contributed by atoms with E-state index in [9.17, 15) is 9.90 Å². The molecule has 23 heavy (non-hydrogen) atoms. The highest BCUT2D eigenvalue weighted by atomic mass is 16.5. The normalized spacial score (nSPS) is 13.5. The first kappa shape index (κ1) is 13.5. The number of carbonyl (C=O) groups is 1. The maximum absolute atomic E-state index is 12.7. The van der Waals surface area contributed by atoms with Gasteiger partial charge in [0.15, 0.2) is 5.78 Å². The highest BCUT2D eigenvalue weighted by molar-refractivity contribution is 6.39. The van der Waals surface area contributed by atoms with Crippen LogP contribution in [-0.4, -0.2) is 23.0 Å². The predicted octanol–water partition coefficient (Wildman–Crippen LogP) is 3.87. The lowest BCUT2D eigenvalue weighted by Crippen LogP contribution is -2.03. The van der Waals surface area contributed by atoms with Crippen molar-refractivity contribution in [3.63, 3.8) is 0 Å². The second kappa shape index (κ2) is 4.95. The zero-order valence-electron chi connectivity index (χ0n) is 12.4. The predicted molar refractivity (Wildman–Crippen MR) is 88.5 cm³/mol. The molecule has 4 heteroatoms. The van der Waals surface area contributed by atoms with Crippen molar-refractivity contribution in [3.05, 3.63) is 71.4 Å². The molecule has 4 nitrogen and oxygen atoms in total. The van der Waals surface area contributed by atoms with Gasteiger partial charge < -0.3 is 9.84 Å². The molecule has 1 aromatic heterocycles. The van der Waals surface area contributed by atoms with E-state index in [1.165, 1.54) is 7.11 Å². The van der Waals surface area contributed by atoms with Crippen LogP contribution >= 0.6 is 0 Å². The number of aliphatic hydroxyl groups is 1. The van der Waals surface area contributed by atoms with Gasteiger partial charge in [-0.2, -0.15) is 0 Å². The minimum atomic E-state index is -0.237. The molecule has 0 bridgehead atoms. The van der Waals surface area contributed by atoms with Crippen LogP contribution in [0.1, 0.15) is 21.6 Å². The first-order valence-electron chi connectivity index (χ1n) is 7.22. The summed E-state index contributed by atoms with van der Waals surface area (Å²) in [6.45, 7) is 0. The van der Waals surface area contributed by atoms with Gasteiger partial charge in [-0.15, -0.1) is 0 Å². The van der Waals surface area contributed by atoms with Gasteiger partial charge in [0.25, 0.3) is 0 Å². The van der Waals surface area contributed by atoms with Gasteiger partial charge in [0.05, 0.1) is 18.2 Å². The van der Waals surface area contributed by atoms with Gasteiger partial charge in [-0.1, -0.05) is 42.5 Å². The molecule has 0 amide bonds. The van der Waals surface area contributed by atoms with Crippen LogP contribution in [0.2, 0.25) is 0 Å². The lowest BCUT2D eigenvalue weighted by Gasteiger charge is -2.10. The number of hydrogen-bond donors (Lipinski definition) is 1. The number of allylic oxidation sites excluding steroid dienone is 1. The van der Waals surface area contributed by atoms with Crippen molar-refractivity contribution in [1.82, 2.24) is 4.98 Å². The molecule has 112 valence electrons. The van der Waals surface area contributed by atoms with Crippen molar-refractivity contribution in [2.24, 2.45) is 0 Å². The number of nitrogens with zero attached hydrogens (tertiary/aromatic N) is 1. The van der Waals surface area contributed by atoms with Gasteiger partial charge in [-0.05, 0) is 12.1 Å². The number of fused-ring (bicyclic) bond motifs is 2. The molecule has 0 atom stereocenters. The van der Waals surface area contributed by atoms with Gasteiger partial charge in [0.2, 0.25) is 0 Å². The van der Waals surface area contributed by atoms with Crippen molar-refractivity contribution in [2.45, 2.75) is 0 Å². The third kappa shape index (κ3) is 1.92. The molecule has 0 fully saturated rings. The summed E-state index contributed by atoms with van der Waals surface area (Å²) in [6, 6.07) is 16.4. The second-order valence-electron chi connectivity index (χ2n) is 5.33. The Bertz CT molecular complexity index is 989. The van der Waals surface area contributed by atoms with E-state index in [0.29, 0.717) is 22.6 Å². The number of benzene rings is 2. The Morgan fingerprint density at radius 2 is 1.70 bits per heavy atom. The van der Waals surface area contributed by atoms with Crippen LogP contribution in [0.15, 0.2) is 54.6 Å². The van der Waals surface area contributed by atoms with Crippen molar-refractivity contribution in [3.8, 4) is 5.75 Å². The maximum Gasteiger partial charge on any atom is 0.199 e. The molecule has 1 heterocycles. The first-order chi connectivity index (χ1) is 11.2. The average Bonchev–Trinajstić information content (AvgIpc) is 2.85. The quantitative estimate of drug-likeness (QED) is 0.781. The maximum atomic E-state index is 12.7. The zero-order valence-corrected chi connectivity index (χ0v) is 12.4. The fourth-order valence-corrected chi connectivity index (χ4v) is 2.92. The summed E-state index contributed by atoms with van der Waals surface area (Å²) in [7, 11) is 1.53. The minimum Gasteiger partial charge on any atom is -0.506 e. The number of ketones is 1. The van der Waals surface area contributed by atoms with E-state index in [0.717, 1.165) is 10.9 Å². The fourth-order valence-electron chi connectivity index (χ4n) is 2.92. The Labute approximate surface area is 132 Å². The summed E-state index contributed by atoms with van der Waals surface area (Å²) in [5.41, 5.74) is 2.31. The number of ether oxygens (including phenoxy) is 1. The van der Waals surface area contributed by atoms with Crippen molar-refractivity contribution in [2.75, 3.05) is 7.11 Å². The topological polar surface area (TPSA) is 59.4 Å². The van der Waals surface area contributed by atoms with Crippen molar-refractivity contribution in [1.29, 1.82) is 0 Å². The Hall–Kier alpha value is -3.14. The van der Waals surface area contributed by atoms with E-state index in [2.05, 4.69) is 4.98 Å². The largest absolute Gasteiger partial charge is 0.506 e. The number of Topliss-reactive ketones (excluding diaryl/α,β-unsaturated/α-hetero) is 1. The Balaban J connectivity index is 2.00. The standard InChI is InChI=1S/C19H13NO3/c1-23-15-10-11-6-2-5-9-14(11)20-17(15)16-18(21)12-7-3-4-8-13(12)19(16)22/h2-10,21H,1H3. The summed E-state index contributed by atoms with van der Waals surface area (Å²) in [6.07, 6.45) is 0. The molecule has 0 saturated carbocycles. The molecule has 1 aliphatic carbocycles. The van der Waals surface area contributed by atoms with Gasteiger partial charge >= 0.3 is 0 Å². The van der Waals surface area contributed by atoms with E-state index >= 15 is 0 Å². The van der Waals surface area contributed by atoms with Crippen molar-refractivity contribution >= 4 is 28.0 Å². The number of pyridine rings is 1. The summed E-state index contributed by atoms with van der Waals surface area (Å²) < 4.78 is 5.40. The third-order valence-corrected chi connectivity index (χ3v) is 4.04. The van der Waals surface area contributed by atoms with Crippen LogP contribution in [0.4, 0.5) is 0 Å². The molecule has 0 aliphatic heterocycles. The van der Waals surface area contributed by atoms with Gasteiger partial charge in [0, 0.05) is 16.5 Å². The molecule has 3 aromatic rings. The van der Waals surface area contributed by atoms with Crippen LogP contribution in [0.25, 0.3) is 22.2 Å².